The number of hydrogen-bond acceptors (Lipinski definition) is 5. The summed E-state index contributed by atoms with van der Waals surface area (Å²) in [5.74, 6) is 0.669. The van der Waals surface area contributed by atoms with Crippen molar-refractivity contribution in [1.82, 2.24) is 14.8 Å². The van der Waals surface area contributed by atoms with E-state index in [1.165, 1.54) is 22.9 Å². The predicted molar refractivity (Wildman–Crippen MR) is 72.4 cm³/mol. The number of H-pyrrole nitrogens is 1. The van der Waals surface area contributed by atoms with E-state index in [0.29, 0.717) is 10.9 Å². The zero-order valence-electron chi connectivity index (χ0n) is 10.8. The van der Waals surface area contributed by atoms with Gasteiger partial charge in [0.15, 0.2) is 5.16 Å². The molecule has 0 saturated heterocycles. The van der Waals surface area contributed by atoms with Crippen LogP contribution in [-0.2, 0) is 11.8 Å². The highest BCUT2D eigenvalue weighted by Gasteiger charge is 2.21. The third-order valence-electron chi connectivity index (χ3n) is 3.35. The number of nitrogens with zero attached hydrogens (tertiary/aromatic N) is 2. The SMILES string of the molecule is Cn1[nH]c(=O)c(=O)nc1SCC(=O)C1CCCCC1. The molecule has 0 unspecified atom stereocenters. The molecule has 0 atom stereocenters. The summed E-state index contributed by atoms with van der Waals surface area (Å²) in [7, 11) is 1.60. The van der Waals surface area contributed by atoms with E-state index in [-0.39, 0.29) is 11.7 Å². The van der Waals surface area contributed by atoms with Gasteiger partial charge >= 0.3 is 11.1 Å². The van der Waals surface area contributed by atoms with Crippen LogP contribution in [0.5, 0.6) is 0 Å². The highest BCUT2D eigenvalue weighted by molar-refractivity contribution is 7.99. The van der Waals surface area contributed by atoms with Gasteiger partial charge in [0.2, 0.25) is 0 Å². The minimum atomic E-state index is -0.814. The topological polar surface area (TPSA) is 84.8 Å². The van der Waals surface area contributed by atoms with Crippen molar-refractivity contribution in [3.63, 3.8) is 0 Å². The predicted octanol–water partition coefficient (Wildman–Crippen LogP) is 0.710. The van der Waals surface area contributed by atoms with Gasteiger partial charge in [-0.05, 0) is 12.8 Å². The van der Waals surface area contributed by atoms with E-state index in [1.807, 2.05) is 0 Å². The molecule has 0 bridgehead atoms. The molecule has 7 heteroatoms. The molecule has 104 valence electrons. The Morgan fingerprint density at radius 1 is 1.37 bits per heavy atom. The fourth-order valence-electron chi connectivity index (χ4n) is 2.27. The Kier molecular flexibility index (Phi) is 4.57. The first-order valence-corrected chi connectivity index (χ1v) is 7.39. The Balaban J connectivity index is 1.98. The molecule has 0 radical (unpaired) electrons. The lowest BCUT2D eigenvalue weighted by molar-refractivity contribution is -0.121. The molecule has 0 aliphatic heterocycles. The summed E-state index contributed by atoms with van der Waals surface area (Å²) in [4.78, 5) is 37.9. The smallest absolute Gasteiger partial charge is 0.298 e. The van der Waals surface area contributed by atoms with Crippen LogP contribution in [0.1, 0.15) is 32.1 Å². The summed E-state index contributed by atoms with van der Waals surface area (Å²) >= 11 is 1.20. The molecule has 1 N–H and O–H groups in total. The summed E-state index contributed by atoms with van der Waals surface area (Å²) in [6.07, 6.45) is 5.40. The van der Waals surface area contributed by atoms with Crippen molar-refractivity contribution < 1.29 is 4.79 Å². The van der Waals surface area contributed by atoms with Gasteiger partial charge in [-0.3, -0.25) is 24.2 Å². The van der Waals surface area contributed by atoms with Crippen LogP contribution in [0, 0.1) is 5.92 Å². The highest BCUT2D eigenvalue weighted by Crippen LogP contribution is 2.26. The molecule has 1 aromatic rings. The zero-order chi connectivity index (χ0) is 13.8. The average molecular weight is 283 g/mol. The number of Topliss-reactive ketones (excluding diaryl/α,β-unsaturated/α-hetero) is 1. The van der Waals surface area contributed by atoms with E-state index < -0.39 is 11.1 Å². The maximum atomic E-state index is 12.0. The van der Waals surface area contributed by atoms with Gasteiger partial charge in [-0.2, -0.15) is 4.98 Å². The number of ketones is 1. The molecular formula is C12H17N3O3S. The fraction of sp³-hybridized carbons (Fsp3) is 0.667. The summed E-state index contributed by atoms with van der Waals surface area (Å²) in [5, 5.41) is 2.73. The van der Waals surface area contributed by atoms with Crippen LogP contribution in [0.2, 0.25) is 0 Å². The van der Waals surface area contributed by atoms with Crippen molar-refractivity contribution in [3.8, 4) is 0 Å². The molecular weight excluding hydrogens is 266 g/mol. The minimum Gasteiger partial charge on any atom is -0.298 e. The van der Waals surface area contributed by atoms with E-state index in [4.69, 9.17) is 0 Å². The Morgan fingerprint density at radius 3 is 2.74 bits per heavy atom. The molecule has 6 nitrogen and oxygen atoms in total. The molecule has 0 amide bonds. The molecule has 1 aromatic heterocycles. The van der Waals surface area contributed by atoms with Gasteiger partial charge in [0, 0.05) is 13.0 Å². The number of carbonyl (C=O) groups excluding carboxylic acids is 1. The number of aromatic amines is 1. The molecule has 0 spiro atoms. The number of aromatic nitrogens is 3. The first-order chi connectivity index (χ1) is 9.08. The van der Waals surface area contributed by atoms with Gasteiger partial charge in [-0.15, -0.1) is 0 Å². The second-order valence-electron chi connectivity index (χ2n) is 4.79. The molecule has 0 aromatic carbocycles. The minimum absolute atomic E-state index is 0.154. The van der Waals surface area contributed by atoms with Crippen LogP contribution in [0.25, 0.3) is 0 Å². The molecule has 2 rings (SSSR count). The van der Waals surface area contributed by atoms with Crippen LogP contribution in [0.3, 0.4) is 0 Å². The van der Waals surface area contributed by atoms with Gasteiger partial charge in [0.05, 0.1) is 5.75 Å². The first-order valence-electron chi connectivity index (χ1n) is 6.41. The van der Waals surface area contributed by atoms with Gasteiger partial charge in [-0.25, -0.2) is 0 Å². The highest BCUT2D eigenvalue weighted by atomic mass is 32.2. The Bertz CT molecular complexity index is 572. The second-order valence-corrected chi connectivity index (χ2v) is 5.73. The summed E-state index contributed by atoms with van der Waals surface area (Å²) in [6, 6.07) is 0. The van der Waals surface area contributed by atoms with Crippen molar-refractivity contribution in [3.05, 3.63) is 20.7 Å². The van der Waals surface area contributed by atoms with Crippen molar-refractivity contribution in [2.24, 2.45) is 13.0 Å². The molecule has 1 aliphatic carbocycles. The van der Waals surface area contributed by atoms with Crippen molar-refractivity contribution >= 4 is 17.5 Å². The van der Waals surface area contributed by atoms with Gasteiger partial charge < -0.3 is 0 Å². The summed E-state index contributed by atoms with van der Waals surface area (Å²) in [6.45, 7) is 0. The number of thioether (sulfide) groups is 1. The largest absolute Gasteiger partial charge is 0.339 e. The quantitative estimate of drug-likeness (QED) is 0.650. The maximum absolute atomic E-state index is 12.0. The van der Waals surface area contributed by atoms with E-state index >= 15 is 0 Å². The van der Waals surface area contributed by atoms with E-state index in [2.05, 4.69) is 10.1 Å². The molecule has 1 saturated carbocycles. The van der Waals surface area contributed by atoms with E-state index in [0.717, 1.165) is 25.7 Å². The normalized spacial score (nSPS) is 16.5. The lowest BCUT2D eigenvalue weighted by atomic mass is 9.87. The standard InChI is InChI=1S/C12H17N3O3S/c1-15-12(13-10(17)11(18)14-15)19-7-9(16)8-5-3-2-4-6-8/h8H,2-7H2,1H3,(H,14,18). The van der Waals surface area contributed by atoms with Crippen LogP contribution in [0.4, 0.5) is 0 Å². The lowest BCUT2D eigenvalue weighted by Crippen LogP contribution is -2.34. The molecule has 19 heavy (non-hydrogen) atoms. The Labute approximate surface area is 114 Å². The molecule has 1 fully saturated rings. The van der Waals surface area contributed by atoms with Crippen molar-refractivity contribution in [2.75, 3.05) is 5.75 Å². The second kappa shape index (κ2) is 6.18. The van der Waals surface area contributed by atoms with E-state index in [1.54, 1.807) is 7.05 Å². The third-order valence-corrected chi connectivity index (χ3v) is 4.40. The lowest BCUT2D eigenvalue weighted by Gasteiger charge is -2.19. The number of carbonyl (C=O) groups is 1. The van der Waals surface area contributed by atoms with E-state index in [9.17, 15) is 14.4 Å². The summed E-state index contributed by atoms with van der Waals surface area (Å²) in [5.41, 5.74) is -1.56. The maximum Gasteiger partial charge on any atom is 0.339 e. The molecule has 1 aliphatic rings. The van der Waals surface area contributed by atoms with Crippen molar-refractivity contribution in [1.29, 1.82) is 0 Å². The summed E-state index contributed by atoms with van der Waals surface area (Å²) < 4.78 is 1.38. The Hall–Kier alpha value is -1.37. The number of rotatable bonds is 4. The van der Waals surface area contributed by atoms with Gasteiger partial charge in [-0.1, -0.05) is 31.0 Å². The monoisotopic (exact) mass is 283 g/mol. The average Bonchev–Trinajstić information content (AvgIpc) is 2.42. The van der Waals surface area contributed by atoms with Gasteiger partial charge in [0.1, 0.15) is 5.78 Å². The Morgan fingerprint density at radius 2 is 2.05 bits per heavy atom. The van der Waals surface area contributed by atoms with Crippen molar-refractivity contribution in [2.45, 2.75) is 37.3 Å². The van der Waals surface area contributed by atoms with Crippen LogP contribution in [-0.4, -0.2) is 26.3 Å². The number of nitrogens with one attached hydrogen (secondary N) is 1. The van der Waals surface area contributed by atoms with Gasteiger partial charge in [0.25, 0.3) is 0 Å². The van der Waals surface area contributed by atoms with Crippen LogP contribution >= 0.6 is 11.8 Å². The van der Waals surface area contributed by atoms with Crippen LogP contribution < -0.4 is 11.1 Å². The third kappa shape index (κ3) is 3.56. The number of aryl methyl sites for hydroxylation is 1. The molecule has 1 heterocycles. The van der Waals surface area contributed by atoms with Crippen LogP contribution in [0.15, 0.2) is 14.7 Å². The zero-order valence-corrected chi connectivity index (χ0v) is 11.7. The number of hydrogen-bond donors (Lipinski definition) is 1. The fourth-order valence-corrected chi connectivity index (χ4v) is 3.16. The first kappa shape index (κ1) is 14.0.